The van der Waals surface area contributed by atoms with Gasteiger partial charge < -0.3 is 10.2 Å². The highest BCUT2D eigenvalue weighted by atomic mass is 16.3. The smallest absolute Gasteiger partial charge is 0.115 e. The summed E-state index contributed by atoms with van der Waals surface area (Å²) >= 11 is 0. The molecule has 4 aliphatic carbocycles. The van der Waals surface area contributed by atoms with Crippen molar-refractivity contribution in [2.75, 3.05) is 0 Å². The first kappa shape index (κ1) is 17.4. The summed E-state index contributed by atoms with van der Waals surface area (Å²) in [5.41, 5.74) is 1.75. The molecule has 4 fully saturated rings. The first-order valence-corrected chi connectivity index (χ1v) is 10.6. The lowest BCUT2D eigenvalue weighted by Gasteiger charge is -2.61. The summed E-state index contributed by atoms with van der Waals surface area (Å²) in [4.78, 5) is 0. The van der Waals surface area contributed by atoms with Gasteiger partial charge in [-0.15, -0.1) is 0 Å². The average Bonchev–Trinajstić information content (AvgIpc) is 2.58. The van der Waals surface area contributed by atoms with Crippen LogP contribution in [0.4, 0.5) is 0 Å². The minimum absolute atomic E-state index is 0.0799. The lowest BCUT2D eigenvalue weighted by atomic mass is 9.44. The van der Waals surface area contributed by atoms with Gasteiger partial charge in [-0.1, -0.05) is 44.7 Å². The second-order valence-electron chi connectivity index (χ2n) is 9.29. The SMILES string of the molecule is CCCCCC[C@H](O)C1C2CC3CC1CC(c1ccc(O)cc1)(C3)C2. The minimum atomic E-state index is -0.0799. The number of phenolic OH excluding ortho intramolecular Hbond substituents is 1. The molecule has 4 aliphatic rings. The molecule has 1 aromatic rings. The fraction of sp³-hybridized carbons (Fsp3) is 0.739. The van der Waals surface area contributed by atoms with Gasteiger partial charge >= 0.3 is 0 Å². The van der Waals surface area contributed by atoms with E-state index in [0.29, 0.717) is 28.9 Å². The van der Waals surface area contributed by atoms with Gasteiger partial charge in [0.15, 0.2) is 0 Å². The summed E-state index contributed by atoms with van der Waals surface area (Å²) in [6.07, 6.45) is 12.5. The average molecular weight is 343 g/mol. The summed E-state index contributed by atoms with van der Waals surface area (Å²) in [6.45, 7) is 2.25. The highest BCUT2D eigenvalue weighted by Crippen LogP contribution is 2.63. The van der Waals surface area contributed by atoms with Gasteiger partial charge in [-0.25, -0.2) is 0 Å². The molecule has 25 heavy (non-hydrogen) atoms. The standard InChI is InChI=1S/C23H34O2/c1-2-3-4-5-6-21(25)22-17-11-16-12-18(22)15-23(13-16,14-17)19-7-9-20(24)10-8-19/h7-10,16-18,21-22,24-25H,2-6,11-15H2,1H3/t16?,17?,18?,21-,22?,23?/m0/s1. The molecule has 0 heterocycles. The van der Waals surface area contributed by atoms with E-state index < -0.39 is 0 Å². The van der Waals surface area contributed by atoms with Crippen LogP contribution < -0.4 is 0 Å². The van der Waals surface area contributed by atoms with E-state index in [1.807, 2.05) is 12.1 Å². The van der Waals surface area contributed by atoms with Crippen LogP contribution in [-0.4, -0.2) is 16.3 Å². The summed E-state index contributed by atoms with van der Waals surface area (Å²) in [6, 6.07) is 8.01. The predicted molar refractivity (Wildman–Crippen MR) is 102 cm³/mol. The number of phenols is 1. The Kier molecular flexibility index (Phi) is 4.83. The predicted octanol–water partition coefficient (Wildman–Crippen LogP) is 5.42. The maximum atomic E-state index is 10.9. The Hall–Kier alpha value is -1.02. The van der Waals surface area contributed by atoms with E-state index in [9.17, 15) is 10.2 Å². The minimum Gasteiger partial charge on any atom is -0.508 e. The molecule has 3 atom stereocenters. The first-order chi connectivity index (χ1) is 12.1. The van der Waals surface area contributed by atoms with Crippen molar-refractivity contribution in [3.63, 3.8) is 0 Å². The summed E-state index contributed by atoms with van der Waals surface area (Å²) in [5, 5.41) is 20.6. The third kappa shape index (κ3) is 3.23. The monoisotopic (exact) mass is 342 g/mol. The normalized spacial score (nSPS) is 37.4. The largest absolute Gasteiger partial charge is 0.508 e. The van der Waals surface area contributed by atoms with Gasteiger partial charge in [-0.05, 0) is 85.3 Å². The zero-order chi connectivity index (χ0) is 17.4. The number of rotatable bonds is 7. The van der Waals surface area contributed by atoms with Crippen molar-refractivity contribution < 1.29 is 10.2 Å². The molecule has 0 aliphatic heterocycles. The van der Waals surface area contributed by atoms with Crippen molar-refractivity contribution in [1.29, 1.82) is 0 Å². The maximum absolute atomic E-state index is 10.9. The summed E-state index contributed by atoms with van der Waals surface area (Å²) < 4.78 is 0. The van der Waals surface area contributed by atoms with Crippen molar-refractivity contribution in [2.45, 2.75) is 82.7 Å². The van der Waals surface area contributed by atoms with Gasteiger partial charge in [0.2, 0.25) is 0 Å². The fourth-order valence-corrected chi connectivity index (χ4v) is 6.83. The molecule has 2 nitrogen and oxygen atoms in total. The summed E-state index contributed by atoms with van der Waals surface area (Å²) in [5.74, 6) is 3.19. The van der Waals surface area contributed by atoms with E-state index in [4.69, 9.17) is 0 Å². The first-order valence-electron chi connectivity index (χ1n) is 10.6. The number of unbranched alkanes of at least 4 members (excludes halogenated alkanes) is 3. The van der Waals surface area contributed by atoms with Gasteiger partial charge in [0.05, 0.1) is 6.10 Å². The quantitative estimate of drug-likeness (QED) is 0.650. The van der Waals surface area contributed by atoms with Gasteiger partial charge in [0.1, 0.15) is 5.75 Å². The van der Waals surface area contributed by atoms with Crippen molar-refractivity contribution >= 4 is 0 Å². The number of aliphatic hydroxyl groups excluding tert-OH is 1. The molecule has 138 valence electrons. The number of aromatic hydroxyl groups is 1. The molecule has 0 aromatic heterocycles. The molecule has 2 heteroatoms. The van der Waals surface area contributed by atoms with Gasteiger partial charge in [-0.3, -0.25) is 0 Å². The molecule has 5 rings (SSSR count). The molecule has 1 aromatic carbocycles. The molecule has 0 saturated heterocycles. The molecule has 2 N–H and O–H groups in total. The van der Waals surface area contributed by atoms with Crippen LogP contribution in [-0.2, 0) is 5.41 Å². The number of hydrogen-bond acceptors (Lipinski definition) is 2. The topological polar surface area (TPSA) is 40.5 Å². The molecular weight excluding hydrogens is 308 g/mol. The second-order valence-corrected chi connectivity index (χ2v) is 9.29. The van der Waals surface area contributed by atoms with Crippen molar-refractivity contribution in [1.82, 2.24) is 0 Å². The van der Waals surface area contributed by atoms with E-state index in [1.54, 1.807) is 0 Å². The van der Waals surface area contributed by atoms with E-state index in [-0.39, 0.29) is 6.10 Å². The van der Waals surface area contributed by atoms with E-state index in [1.165, 1.54) is 63.4 Å². The van der Waals surface area contributed by atoms with Gasteiger partial charge in [0, 0.05) is 0 Å². The van der Waals surface area contributed by atoms with Crippen molar-refractivity contribution in [2.24, 2.45) is 23.7 Å². The lowest BCUT2D eigenvalue weighted by Crippen LogP contribution is -2.55. The van der Waals surface area contributed by atoms with Gasteiger partial charge in [0.25, 0.3) is 0 Å². The van der Waals surface area contributed by atoms with Crippen molar-refractivity contribution in [3.05, 3.63) is 29.8 Å². The molecule has 2 unspecified atom stereocenters. The number of hydrogen-bond donors (Lipinski definition) is 2. The van der Waals surface area contributed by atoms with Crippen LogP contribution in [0.3, 0.4) is 0 Å². The van der Waals surface area contributed by atoms with Crippen LogP contribution in [0.5, 0.6) is 5.75 Å². The Labute approximate surface area is 152 Å². The van der Waals surface area contributed by atoms with Gasteiger partial charge in [-0.2, -0.15) is 0 Å². The van der Waals surface area contributed by atoms with Crippen LogP contribution in [0.15, 0.2) is 24.3 Å². The number of benzene rings is 1. The Morgan fingerprint density at radius 3 is 2.32 bits per heavy atom. The Morgan fingerprint density at radius 2 is 1.68 bits per heavy atom. The van der Waals surface area contributed by atoms with Crippen LogP contribution >= 0.6 is 0 Å². The zero-order valence-corrected chi connectivity index (χ0v) is 15.7. The molecule has 0 radical (unpaired) electrons. The Morgan fingerprint density at radius 1 is 1.00 bits per heavy atom. The van der Waals surface area contributed by atoms with Crippen LogP contribution in [0.25, 0.3) is 0 Å². The van der Waals surface area contributed by atoms with E-state index >= 15 is 0 Å². The Bertz CT molecular complexity index is 562. The van der Waals surface area contributed by atoms with Crippen LogP contribution in [0.1, 0.15) is 76.7 Å². The zero-order valence-electron chi connectivity index (χ0n) is 15.7. The lowest BCUT2D eigenvalue weighted by molar-refractivity contribution is -0.104. The van der Waals surface area contributed by atoms with E-state index in [2.05, 4.69) is 19.1 Å². The molecule has 4 bridgehead atoms. The summed E-state index contributed by atoms with van der Waals surface area (Å²) in [7, 11) is 0. The third-order valence-electron chi connectivity index (χ3n) is 7.62. The maximum Gasteiger partial charge on any atom is 0.115 e. The fourth-order valence-electron chi connectivity index (χ4n) is 6.83. The van der Waals surface area contributed by atoms with Crippen molar-refractivity contribution in [3.8, 4) is 5.75 Å². The second kappa shape index (κ2) is 6.95. The highest BCUT2D eigenvalue weighted by Gasteiger charge is 2.56. The third-order valence-corrected chi connectivity index (χ3v) is 7.62. The molecule has 0 spiro atoms. The number of aliphatic hydroxyl groups is 1. The molecular formula is C23H34O2. The Balaban J connectivity index is 1.47. The van der Waals surface area contributed by atoms with Crippen LogP contribution in [0.2, 0.25) is 0 Å². The molecule has 0 amide bonds. The molecule has 4 saturated carbocycles. The van der Waals surface area contributed by atoms with Crippen LogP contribution in [0, 0.1) is 23.7 Å². The highest BCUT2D eigenvalue weighted by molar-refractivity contribution is 5.34. The van der Waals surface area contributed by atoms with E-state index in [0.717, 1.165) is 12.3 Å².